The Kier molecular flexibility index (Phi) is 7.64. The fourth-order valence-corrected chi connectivity index (χ4v) is 4.41. The maximum absolute atomic E-state index is 13.6. The number of aromatic nitrogens is 2. The molecule has 1 saturated heterocycles. The van der Waals surface area contributed by atoms with E-state index in [0.717, 1.165) is 22.3 Å². The van der Waals surface area contributed by atoms with Gasteiger partial charge in [-0.1, -0.05) is 35.9 Å². The number of fused-ring (bicyclic) bond motifs is 1. The molecule has 0 spiro atoms. The Morgan fingerprint density at radius 2 is 1.69 bits per heavy atom. The number of carbonyl (C=O) groups excluding carboxylic acids is 2. The van der Waals surface area contributed by atoms with Crippen molar-refractivity contribution in [3.8, 4) is 0 Å². The third kappa shape index (κ3) is 6.43. The van der Waals surface area contributed by atoms with Crippen molar-refractivity contribution in [3.63, 3.8) is 0 Å². The van der Waals surface area contributed by atoms with Gasteiger partial charge in [0.2, 0.25) is 5.91 Å². The lowest BCUT2D eigenvalue weighted by molar-refractivity contribution is -0.133. The van der Waals surface area contributed by atoms with Gasteiger partial charge in [-0.15, -0.1) is 0 Å². The average molecular weight is 510 g/mol. The number of aryl methyl sites for hydroxylation is 1. The Morgan fingerprint density at radius 3 is 2.36 bits per heavy atom. The fourth-order valence-electron chi connectivity index (χ4n) is 4.28. The zero-order chi connectivity index (χ0) is 25.9. The molecule has 1 atom stereocenters. The molecule has 36 heavy (non-hydrogen) atoms. The summed E-state index contributed by atoms with van der Waals surface area (Å²) in [7, 11) is 0. The highest BCUT2D eigenvalue weighted by molar-refractivity contribution is 6.30. The molecule has 8 nitrogen and oxygen atoms in total. The van der Waals surface area contributed by atoms with Gasteiger partial charge in [-0.05, 0) is 57.5 Å². The van der Waals surface area contributed by atoms with Crippen LogP contribution in [0.1, 0.15) is 32.2 Å². The maximum Gasteiger partial charge on any atom is 0.408 e. The normalized spacial score (nSPS) is 15.0. The molecule has 2 aromatic carbocycles. The first-order valence-electron chi connectivity index (χ1n) is 12.1. The van der Waals surface area contributed by atoms with E-state index in [1.165, 1.54) is 0 Å². The van der Waals surface area contributed by atoms with Gasteiger partial charge in [0.05, 0.1) is 5.52 Å². The number of para-hydroxylation sites is 1. The SMILES string of the molecule is Cc1nc(N2CCN(C(=O)[C@@H](Cc3ccc(Cl)cc3)NC(=O)OC(C)(C)C)CC2)c2ccccc2n1. The van der Waals surface area contributed by atoms with E-state index in [2.05, 4.69) is 15.2 Å². The summed E-state index contributed by atoms with van der Waals surface area (Å²) >= 11 is 6.02. The van der Waals surface area contributed by atoms with Crippen LogP contribution in [-0.2, 0) is 16.0 Å². The van der Waals surface area contributed by atoms with Crippen LogP contribution < -0.4 is 10.2 Å². The zero-order valence-electron chi connectivity index (χ0n) is 21.1. The molecule has 2 heterocycles. The van der Waals surface area contributed by atoms with Crippen molar-refractivity contribution in [2.24, 2.45) is 0 Å². The predicted octanol–water partition coefficient (Wildman–Crippen LogP) is 4.38. The highest BCUT2D eigenvalue weighted by Crippen LogP contribution is 2.25. The number of hydrogen-bond donors (Lipinski definition) is 1. The Morgan fingerprint density at radius 1 is 1.03 bits per heavy atom. The van der Waals surface area contributed by atoms with Crippen molar-refractivity contribution in [2.45, 2.75) is 45.8 Å². The van der Waals surface area contributed by atoms with Gasteiger partial charge >= 0.3 is 6.09 Å². The van der Waals surface area contributed by atoms with E-state index >= 15 is 0 Å². The molecule has 1 aliphatic rings. The molecule has 1 aliphatic heterocycles. The highest BCUT2D eigenvalue weighted by Gasteiger charge is 2.31. The second-order valence-electron chi connectivity index (χ2n) is 9.95. The van der Waals surface area contributed by atoms with Crippen LogP contribution in [0.3, 0.4) is 0 Å². The van der Waals surface area contributed by atoms with Gasteiger partial charge in [-0.3, -0.25) is 4.79 Å². The van der Waals surface area contributed by atoms with Crippen LogP contribution in [0, 0.1) is 6.92 Å². The summed E-state index contributed by atoms with van der Waals surface area (Å²) in [6.45, 7) is 9.56. The number of ether oxygens (including phenoxy) is 1. The molecule has 0 saturated carbocycles. The van der Waals surface area contributed by atoms with Gasteiger partial charge in [0.15, 0.2) is 0 Å². The average Bonchev–Trinajstić information content (AvgIpc) is 2.83. The van der Waals surface area contributed by atoms with Crippen LogP contribution in [0.15, 0.2) is 48.5 Å². The van der Waals surface area contributed by atoms with Crippen LogP contribution in [0.5, 0.6) is 0 Å². The van der Waals surface area contributed by atoms with E-state index in [0.29, 0.717) is 43.4 Å². The number of piperazine rings is 1. The minimum absolute atomic E-state index is 0.140. The Hall–Kier alpha value is -3.39. The van der Waals surface area contributed by atoms with Crippen molar-refractivity contribution in [2.75, 3.05) is 31.1 Å². The topological polar surface area (TPSA) is 87.7 Å². The minimum Gasteiger partial charge on any atom is -0.444 e. The van der Waals surface area contributed by atoms with Crippen molar-refractivity contribution in [3.05, 3.63) is 64.9 Å². The van der Waals surface area contributed by atoms with E-state index in [1.54, 1.807) is 37.8 Å². The highest BCUT2D eigenvalue weighted by atomic mass is 35.5. The van der Waals surface area contributed by atoms with E-state index in [-0.39, 0.29) is 5.91 Å². The zero-order valence-corrected chi connectivity index (χ0v) is 21.9. The van der Waals surface area contributed by atoms with Gasteiger partial charge < -0.3 is 19.9 Å². The largest absolute Gasteiger partial charge is 0.444 e. The second-order valence-corrected chi connectivity index (χ2v) is 10.4. The number of benzene rings is 2. The van der Waals surface area contributed by atoms with Gasteiger partial charge in [0, 0.05) is 43.0 Å². The van der Waals surface area contributed by atoms with E-state index < -0.39 is 17.7 Å². The van der Waals surface area contributed by atoms with E-state index in [4.69, 9.17) is 21.3 Å². The molecule has 1 aromatic heterocycles. The number of alkyl carbamates (subject to hydrolysis) is 1. The molecule has 0 unspecified atom stereocenters. The first-order valence-corrected chi connectivity index (χ1v) is 12.5. The standard InChI is InChI=1S/C27H32ClN5O3/c1-18-29-22-8-6-5-7-21(22)24(30-18)32-13-15-33(16-14-32)25(34)23(31-26(35)36-27(2,3)4)17-19-9-11-20(28)12-10-19/h5-12,23H,13-17H2,1-4H3,(H,31,35)/t23-/m1/s1. The molecule has 0 bridgehead atoms. The number of halogens is 1. The molecule has 3 aromatic rings. The Labute approximate surface area is 216 Å². The first kappa shape index (κ1) is 25.7. The van der Waals surface area contributed by atoms with Crippen molar-refractivity contribution in [1.29, 1.82) is 0 Å². The van der Waals surface area contributed by atoms with Crippen LogP contribution in [0.2, 0.25) is 5.02 Å². The first-order chi connectivity index (χ1) is 17.1. The third-order valence-corrected chi connectivity index (χ3v) is 6.18. The van der Waals surface area contributed by atoms with Crippen LogP contribution in [0.4, 0.5) is 10.6 Å². The lowest BCUT2D eigenvalue weighted by Gasteiger charge is -2.37. The number of rotatable bonds is 5. The molecule has 0 aliphatic carbocycles. The summed E-state index contributed by atoms with van der Waals surface area (Å²) in [6.07, 6.45) is -0.276. The number of hydrogen-bond acceptors (Lipinski definition) is 6. The summed E-state index contributed by atoms with van der Waals surface area (Å²) in [5.74, 6) is 1.46. The number of nitrogens with one attached hydrogen (secondary N) is 1. The Balaban J connectivity index is 1.48. The van der Waals surface area contributed by atoms with Gasteiger partial charge in [-0.2, -0.15) is 0 Å². The maximum atomic E-state index is 13.6. The minimum atomic E-state index is -0.755. The molecule has 0 radical (unpaired) electrons. The van der Waals surface area contributed by atoms with E-state index in [1.807, 2.05) is 43.3 Å². The second kappa shape index (κ2) is 10.7. The van der Waals surface area contributed by atoms with Crippen molar-refractivity contribution >= 4 is 40.3 Å². The van der Waals surface area contributed by atoms with Gasteiger partial charge in [0.1, 0.15) is 23.3 Å². The molecule has 1 fully saturated rings. The summed E-state index contributed by atoms with van der Waals surface area (Å²) in [5, 5.41) is 4.40. The van der Waals surface area contributed by atoms with Crippen LogP contribution in [-0.4, -0.2) is 64.7 Å². The number of amides is 2. The lowest BCUT2D eigenvalue weighted by Crippen LogP contribution is -2.56. The third-order valence-electron chi connectivity index (χ3n) is 5.93. The number of nitrogens with zero attached hydrogens (tertiary/aromatic N) is 4. The molecular formula is C27H32ClN5O3. The summed E-state index contributed by atoms with van der Waals surface area (Å²) in [6, 6.07) is 14.5. The molecular weight excluding hydrogens is 478 g/mol. The molecule has 9 heteroatoms. The number of carbonyl (C=O) groups is 2. The molecule has 190 valence electrons. The molecule has 4 rings (SSSR count). The predicted molar refractivity (Wildman–Crippen MR) is 141 cm³/mol. The van der Waals surface area contributed by atoms with Gasteiger partial charge in [-0.25, -0.2) is 14.8 Å². The van der Waals surface area contributed by atoms with Crippen molar-refractivity contribution < 1.29 is 14.3 Å². The van der Waals surface area contributed by atoms with E-state index in [9.17, 15) is 9.59 Å². The van der Waals surface area contributed by atoms with Crippen molar-refractivity contribution in [1.82, 2.24) is 20.2 Å². The quantitative estimate of drug-likeness (QED) is 0.549. The summed E-state index contributed by atoms with van der Waals surface area (Å²) in [5.41, 5.74) is 1.14. The summed E-state index contributed by atoms with van der Waals surface area (Å²) in [4.78, 5) is 39.3. The fraction of sp³-hybridized carbons (Fsp3) is 0.407. The van der Waals surface area contributed by atoms with Crippen LogP contribution in [0.25, 0.3) is 10.9 Å². The summed E-state index contributed by atoms with van der Waals surface area (Å²) < 4.78 is 5.43. The van der Waals surface area contributed by atoms with Crippen LogP contribution >= 0.6 is 11.6 Å². The monoisotopic (exact) mass is 509 g/mol. The Bertz CT molecular complexity index is 1230. The smallest absolute Gasteiger partial charge is 0.408 e. The van der Waals surface area contributed by atoms with Gasteiger partial charge in [0.25, 0.3) is 0 Å². The molecule has 1 N–H and O–H groups in total. The number of anilines is 1. The molecule has 2 amide bonds. The lowest BCUT2D eigenvalue weighted by atomic mass is 10.0.